The molecule has 3 unspecified atom stereocenters. The second-order valence-electron chi connectivity index (χ2n) is 6.23. The summed E-state index contributed by atoms with van der Waals surface area (Å²) < 4.78 is 3.86. The van der Waals surface area contributed by atoms with Crippen LogP contribution in [0.4, 0.5) is 5.13 Å². The van der Waals surface area contributed by atoms with Gasteiger partial charge in [-0.2, -0.15) is 9.36 Å². The number of carbonyl (C=O) groups is 4. The molecule has 164 valence electrons. The molecule has 0 bridgehead atoms. The van der Waals surface area contributed by atoms with Gasteiger partial charge in [-0.1, -0.05) is 17.8 Å². The number of oxime groups is 1. The van der Waals surface area contributed by atoms with E-state index in [0.29, 0.717) is 5.57 Å². The minimum Gasteiger partial charge on any atom is -0.478 e. The number of carboxylic acids is 2. The average Bonchev–Trinajstić information content (AvgIpc) is 3.16. The number of anilines is 1. The number of allylic oxidation sites excluding steroid dienone is 1. The zero-order valence-electron chi connectivity index (χ0n) is 15.8. The molecule has 0 saturated carbocycles. The van der Waals surface area contributed by atoms with Crippen LogP contribution in [-0.4, -0.2) is 77.2 Å². The Hall–Kier alpha value is -3.46. The lowest BCUT2D eigenvalue weighted by Gasteiger charge is -2.49. The standard InChI is InChI=1S/C16H16N6O7S2/c1-3-6-4-30-13-8(12(24)22(13)9(6)15(27)28)18-11(23)7(10-19-16(17)31-21-10)20-29-5(2)14(25)26/h3,5,8,13H,1,4H2,2H3,(H,18,23)(H,25,26)(H,27,28)(H2,17,19,21)/b20-7+. The highest BCUT2D eigenvalue weighted by Crippen LogP contribution is 2.40. The zero-order chi connectivity index (χ0) is 22.9. The van der Waals surface area contributed by atoms with Crippen LogP contribution in [0, 0.1) is 0 Å². The second-order valence-corrected chi connectivity index (χ2v) is 8.11. The van der Waals surface area contributed by atoms with Crippen molar-refractivity contribution in [3.8, 4) is 0 Å². The van der Waals surface area contributed by atoms with Gasteiger partial charge in [-0.25, -0.2) is 9.59 Å². The van der Waals surface area contributed by atoms with Crippen molar-refractivity contribution in [2.24, 2.45) is 5.16 Å². The monoisotopic (exact) mass is 468 g/mol. The molecule has 0 spiro atoms. The molecule has 2 aliphatic heterocycles. The smallest absolute Gasteiger partial charge is 0.352 e. The Kier molecular flexibility index (Phi) is 6.26. The van der Waals surface area contributed by atoms with E-state index in [4.69, 9.17) is 15.7 Å². The Labute approximate surface area is 182 Å². The van der Waals surface area contributed by atoms with Crippen molar-refractivity contribution in [1.82, 2.24) is 19.6 Å². The van der Waals surface area contributed by atoms with Gasteiger partial charge in [0.2, 0.25) is 17.6 Å². The Morgan fingerprint density at radius 1 is 1.45 bits per heavy atom. The van der Waals surface area contributed by atoms with Crippen molar-refractivity contribution >= 4 is 57.9 Å². The molecular weight excluding hydrogens is 452 g/mol. The Morgan fingerprint density at radius 2 is 2.16 bits per heavy atom. The predicted molar refractivity (Wildman–Crippen MR) is 109 cm³/mol. The van der Waals surface area contributed by atoms with Gasteiger partial charge in [0.05, 0.1) is 0 Å². The van der Waals surface area contributed by atoms with Gasteiger partial charge in [-0.05, 0) is 12.5 Å². The third-order valence-electron chi connectivity index (χ3n) is 4.25. The summed E-state index contributed by atoms with van der Waals surface area (Å²) in [7, 11) is 0. The average molecular weight is 468 g/mol. The van der Waals surface area contributed by atoms with Crippen LogP contribution in [0.15, 0.2) is 29.1 Å². The minimum atomic E-state index is -1.37. The fraction of sp³-hybridized carbons (Fsp3) is 0.312. The highest BCUT2D eigenvalue weighted by Gasteiger charge is 2.54. The van der Waals surface area contributed by atoms with Crippen LogP contribution >= 0.6 is 23.3 Å². The maximum atomic E-state index is 12.8. The van der Waals surface area contributed by atoms with Crippen molar-refractivity contribution in [3.63, 3.8) is 0 Å². The maximum Gasteiger partial charge on any atom is 0.352 e. The molecule has 5 N–H and O–H groups in total. The van der Waals surface area contributed by atoms with Crippen molar-refractivity contribution in [2.75, 3.05) is 11.5 Å². The van der Waals surface area contributed by atoms with E-state index in [1.807, 2.05) is 0 Å². The summed E-state index contributed by atoms with van der Waals surface area (Å²) in [6.07, 6.45) is 0.00435. The molecule has 2 aliphatic rings. The van der Waals surface area contributed by atoms with E-state index in [2.05, 4.69) is 26.4 Å². The summed E-state index contributed by atoms with van der Waals surface area (Å²) in [6, 6.07) is -1.05. The summed E-state index contributed by atoms with van der Waals surface area (Å²) in [6.45, 7) is 4.76. The Morgan fingerprint density at radius 3 is 2.71 bits per heavy atom. The van der Waals surface area contributed by atoms with Crippen LogP contribution in [-0.2, 0) is 24.0 Å². The number of hydrogen-bond acceptors (Lipinski definition) is 11. The van der Waals surface area contributed by atoms with E-state index in [1.165, 1.54) is 24.8 Å². The van der Waals surface area contributed by atoms with E-state index in [1.54, 1.807) is 0 Å². The molecule has 3 rings (SSSR count). The zero-order valence-corrected chi connectivity index (χ0v) is 17.5. The highest BCUT2D eigenvalue weighted by molar-refractivity contribution is 8.00. The quantitative estimate of drug-likeness (QED) is 0.212. The van der Waals surface area contributed by atoms with Gasteiger partial charge < -0.3 is 26.1 Å². The molecular formula is C16H16N6O7S2. The van der Waals surface area contributed by atoms with E-state index in [9.17, 15) is 24.3 Å². The van der Waals surface area contributed by atoms with Gasteiger partial charge in [0.1, 0.15) is 17.1 Å². The van der Waals surface area contributed by atoms with Crippen LogP contribution in [0.2, 0.25) is 0 Å². The number of aromatic nitrogens is 2. The molecule has 0 radical (unpaired) electrons. The molecule has 13 nitrogen and oxygen atoms in total. The number of hydrogen-bond donors (Lipinski definition) is 4. The van der Waals surface area contributed by atoms with Crippen LogP contribution in [0.25, 0.3) is 0 Å². The number of nitrogens with two attached hydrogens (primary N) is 1. The number of β-lactam (4-membered cyclic amide) rings is 1. The lowest BCUT2D eigenvalue weighted by atomic mass is 10.0. The lowest BCUT2D eigenvalue weighted by Crippen LogP contribution is -2.71. The van der Waals surface area contributed by atoms with Crippen molar-refractivity contribution in [3.05, 3.63) is 29.7 Å². The minimum absolute atomic E-state index is 0.0312. The van der Waals surface area contributed by atoms with Crippen LogP contribution in [0.3, 0.4) is 0 Å². The number of fused-ring (bicyclic) bond motifs is 1. The number of carbonyl (C=O) groups excluding carboxylic acids is 2. The van der Waals surface area contributed by atoms with Gasteiger partial charge in [0.25, 0.3) is 11.8 Å². The molecule has 1 fully saturated rings. The van der Waals surface area contributed by atoms with E-state index in [0.717, 1.165) is 16.4 Å². The first kappa shape index (κ1) is 22.2. The molecule has 3 atom stereocenters. The molecule has 1 aromatic rings. The summed E-state index contributed by atoms with van der Waals surface area (Å²) in [5.41, 5.74) is 5.26. The van der Waals surface area contributed by atoms with Gasteiger partial charge >= 0.3 is 11.9 Å². The van der Waals surface area contributed by atoms with Gasteiger partial charge in [0, 0.05) is 17.3 Å². The number of thioether (sulfide) groups is 1. The summed E-state index contributed by atoms with van der Waals surface area (Å²) >= 11 is 2.03. The van der Waals surface area contributed by atoms with Gasteiger partial charge in [0.15, 0.2) is 5.13 Å². The van der Waals surface area contributed by atoms with E-state index in [-0.39, 0.29) is 22.4 Å². The SMILES string of the molecule is C=CC1=C(C(=O)O)N2C(=O)C(NC(=O)/C(=N/OC(C)C(=O)O)c3nsc(N)n3)C2SC1. The summed E-state index contributed by atoms with van der Waals surface area (Å²) in [5.74, 6) is -4.06. The number of aliphatic carboxylic acids is 2. The van der Waals surface area contributed by atoms with Crippen LogP contribution < -0.4 is 11.1 Å². The number of amides is 2. The molecule has 15 heteroatoms. The van der Waals surface area contributed by atoms with E-state index >= 15 is 0 Å². The van der Waals surface area contributed by atoms with Crippen molar-refractivity contribution in [2.45, 2.75) is 24.4 Å². The topological polar surface area (TPSA) is 197 Å². The highest BCUT2D eigenvalue weighted by atomic mass is 32.2. The third kappa shape index (κ3) is 4.22. The first-order valence-corrected chi connectivity index (χ1v) is 10.4. The molecule has 0 aliphatic carbocycles. The molecule has 0 aromatic carbocycles. The molecule has 1 aromatic heterocycles. The first-order valence-electron chi connectivity index (χ1n) is 8.56. The number of rotatable bonds is 8. The molecule has 2 amide bonds. The third-order valence-corrected chi connectivity index (χ3v) is 6.10. The van der Waals surface area contributed by atoms with Crippen molar-refractivity contribution < 1.29 is 34.2 Å². The summed E-state index contributed by atoms with van der Waals surface area (Å²) in [4.78, 5) is 57.6. The normalized spacial score (nSPS) is 21.6. The Bertz CT molecular complexity index is 1040. The second kappa shape index (κ2) is 8.73. The van der Waals surface area contributed by atoms with Gasteiger partial charge in [-0.15, -0.1) is 11.8 Å². The summed E-state index contributed by atoms with van der Waals surface area (Å²) in [5, 5.41) is 23.7. The number of nitrogens with one attached hydrogen (secondary N) is 1. The van der Waals surface area contributed by atoms with E-state index < -0.39 is 47.0 Å². The Balaban J connectivity index is 1.82. The first-order chi connectivity index (χ1) is 14.6. The lowest BCUT2D eigenvalue weighted by molar-refractivity contribution is -0.150. The molecule has 1 saturated heterocycles. The predicted octanol–water partition coefficient (Wildman–Crippen LogP) is -0.761. The number of nitrogens with zero attached hydrogens (tertiary/aromatic N) is 4. The molecule has 3 heterocycles. The molecule has 31 heavy (non-hydrogen) atoms. The van der Waals surface area contributed by atoms with Crippen molar-refractivity contribution in [1.29, 1.82) is 0 Å². The fourth-order valence-corrected chi connectivity index (χ4v) is 4.48. The fourth-order valence-electron chi connectivity index (χ4n) is 2.70. The van der Waals surface area contributed by atoms with Gasteiger partial charge in [-0.3, -0.25) is 14.5 Å². The van der Waals surface area contributed by atoms with Crippen LogP contribution in [0.1, 0.15) is 12.7 Å². The van der Waals surface area contributed by atoms with Crippen LogP contribution in [0.5, 0.6) is 0 Å². The number of carboxylic acid groups (broad SMARTS) is 2. The number of nitrogen functional groups attached to an aromatic ring is 1. The maximum absolute atomic E-state index is 12.8. The largest absolute Gasteiger partial charge is 0.478 e.